The van der Waals surface area contributed by atoms with Crippen LogP contribution >= 0.6 is 0 Å². The van der Waals surface area contributed by atoms with Gasteiger partial charge in [0.15, 0.2) is 0 Å². The van der Waals surface area contributed by atoms with Gasteiger partial charge < -0.3 is 10.1 Å². The fourth-order valence-electron chi connectivity index (χ4n) is 1.65. The second kappa shape index (κ2) is 8.15. The van der Waals surface area contributed by atoms with Gasteiger partial charge in [-0.3, -0.25) is 0 Å². The molecule has 0 spiro atoms. The van der Waals surface area contributed by atoms with E-state index >= 15 is 0 Å². The highest BCUT2D eigenvalue weighted by atomic mass is 16.5. The Labute approximate surface area is 112 Å². The molecule has 0 amide bonds. The van der Waals surface area contributed by atoms with Gasteiger partial charge in [-0.1, -0.05) is 39.8 Å². The van der Waals surface area contributed by atoms with Gasteiger partial charge >= 0.3 is 0 Å². The zero-order valence-electron chi connectivity index (χ0n) is 12.2. The van der Waals surface area contributed by atoms with Crippen molar-refractivity contribution in [2.45, 2.75) is 40.7 Å². The zero-order valence-corrected chi connectivity index (χ0v) is 12.2. The van der Waals surface area contributed by atoms with Crippen molar-refractivity contribution in [1.29, 1.82) is 0 Å². The third-order valence-corrected chi connectivity index (χ3v) is 3.30. The molecule has 102 valence electrons. The summed E-state index contributed by atoms with van der Waals surface area (Å²) in [5, 5.41) is 3.51. The summed E-state index contributed by atoms with van der Waals surface area (Å²) in [4.78, 5) is 0. The molecular formula is C16H27NO. The van der Waals surface area contributed by atoms with Crippen LogP contribution in [0.15, 0.2) is 24.3 Å². The largest absolute Gasteiger partial charge is 0.494 e. The van der Waals surface area contributed by atoms with Crippen LogP contribution in [0.3, 0.4) is 0 Å². The summed E-state index contributed by atoms with van der Waals surface area (Å²) < 4.78 is 5.63. The highest BCUT2D eigenvalue weighted by Gasteiger charge is 2.06. The van der Waals surface area contributed by atoms with Gasteiger partial charge in [-0.2, -0.15) is 0 Å². The molecule has 2 nitrogen and oxygen atoms in total. The minimum Gasteiger partial charge on any atom is -0.494 e. The molecule has 0 saturated carbocycles. The zero-order chi connectivity index (χ0) is 13.4. The Morgan fingerprint density at radius 1 is 1.22 bits per heavy atom. The van der Waals surface area contributed by atoms with Gasteiger partial charge in [0.2, 0.25) is 0 Å². The Bertz CT molecular complexity index is 336. The minimum absolute atomic E-state index is 0.713. The molecule has 1 rings (SSSR count). The van der Waals surface area contributed by atoms with Crippen molar-refractivity contribution in [3.05, 3.63) is 29.8 Å². The van der Waals surface area contributed by atoms with Gasteiger partial charge in [0, 0.05) is 6.54 Å². The van der Waals surface area contributed by atoms with E-state index < -0.39 is 0 Å². The van der Waals surface area contributed by atoms with Crippen molar-refractivity contribution in [2.24, 2.45) is 11.8 Å². The Balaban J connectivity index is 2.37. The van der Waals surface area contributed by atoms with E-state index in [4.69, 9.17) is 4.74 Å². The first-order chi connectivity index (χ1) is 8.63. The molecule has 1 N–H and O–H groups in total. The molecule has 0 fully saturated rings. The van der Waals surface area contributed by atoms with Gasteiger partial charge in [0.1, 0.15) is 5.75 Å². The Hall–Kier alpha value is -1.02. The fourth-order valence-corrected chi connectivity index (χ4v) is 1.65. The van der Waals surface area contributed by atoms with Crippen LogP contribution in [0.25, 0.3) is 0 Å². The van der Waals surface area contributed by atoms with Crippen LogP contribution in [-0.4, -0.2) is 13.2 Å². The number of benzene rings is 1. The predicted octanol–water partition coefficient (Wildman–Crippen LogP) is 3.86. The average molecular weight is 249 g/mol. The number of rotatable bonds is 8. The first-order valence-electron chi connectivity index (χ1n) is 7.06. The molecule has 0 bridgehead atoms. The van der Waals surface area contributed by atoms with E-state index in [1.165, 1.54) is 5.56 Å². The van der Waals surface area contributed by atoms with E-state index in [0.717, 1.165) is 37.8 Å². The molecule has 1 aromatic rings. The standard InChI is InChI=1S/C16H27NO/c1-5-9-18-16-8-6-7-15(10-16)12-17-11-14(4)13(2)3/h6-8,10,13-14,17H,5,9,11-12H2,1-4H3. The first kappa shape index (κ1) is 15.0. The number of nitrogens with one attached hydrogen (secondary N) is 1. The highest BCUT2D eigenvalue weighted by Crippen LogP contribution is 2.14. The van der Waals surface area contributed by atoms with Crippen LogP contribution in [0.2, 0.25) is 0 Å². The molecule has 1 unspecified atom stereocenters. The molecule has 0 aliphatic heterocycles. The molecular weight excluding hydrogens is 222 g/mol. The third kappa shape index (κ3) is 5.54. The molecule has 0 saturated heterocycles. The van der Waals surface area contributed by atoms with Gasteiger partial charge in [-0.25, -0.2) is 0 Å². The van der Waals surface area contributed by atoms with E-state index in [1.807, 2.05) is 6.07 Å². The Kier molecular flexibility index (Phi) is 6.81. The molecule has 0 radical (unpaired) electrons. The molecule has 0 heterocycles. The van der Waals surface area contributed by atoms with Crippen molar-refractivity contribution in [3.8, 4) is 5.75 Å². The summed E-state index contributed by atoms with van der Waals surface area (Å²) in [6, 6.07) is 8.36. The number of hydrogen-bond donors (Lipinski definition) is 1. The quantitative estimate of drug-likeness (QED) is 0.755. The van der Waals surface area contributed by atoms with Crippen LogP contribution in [0.5, 0.6) is 5.75 Å². The Morgan fingerprint density at radius 2 is 2.00 bits per heavy atom. The van der Waals surface area contributed by atoms with Crippen molar-refractivity contribution >= 4 is 0 Å². The average Bonchev–Trinajstić information content (AvgIpc) is 2.36. The third-order valence-electron chi connectivity index (χ3n) is 3.30. The Morgan fingerprint density at radius 3 is 2.67 bits per heavy atom. The van der Waals surface area contributed by atoms with Crippen molar-refractivity contribution in [3.63, 3.8) is 0 Å². The lowest BCUT2D eigenvalue weighted by Crippen LogP contribution is -2.23. The maximum absolute atomic E-state index is 5.63. The maximum atomic E-state index is 5.63. The summed E-state index contributed by atoms with van der Waals surface area (Å²) in [6.07, 6.45) is 1.05. The van der Waals surface area contributed by atoms with E-state index in [1.54, 1.807) is 0 Å². The monoisotopic (exact) mass is 249 g/mol. The molecule has 0 aliphatic carbocycles. The summed E-state index contributed by atoms with van der Waals surface area (Å²) in [7, 11) is 0. The predicted molar refractivity (Wildman–Crippen MR) is 77.9 cm³/mol. The van der Waals surface area contributed by atoms with E-state index in [2.05, 4.69) is 51.2 Å². The molecule has 1 atom stereocenters. The second-order valence-electron chi connectivity index (χ2n) is 5.35. The lowest BCUT2D eigenvalue weighted by molar-refractivity contribution is 0.317. The number of ether oxygens (including phenoxy) is 1. The van der Waals surface area contributed by atoms with Crippen LogP contribution in [-0.2, 0) is 6.54 Å². The van der Waals surface area contributed by atoms with Gasteiger partial charge in [0.25, 0.3) is 0 Å². The van der Waals surface area contributed by atoms with Crippen molar-refractivity contribution < 1.29 is 4.74 Å². The van der Waals surface area contributed by atoms with Crippen LogP contribution in [0.1, 0.15) is 39.7 Å². The van der Waals surface area contributed by atoms with E-state index in [-0.39, 0.29) is 0 Å². The van der Waals surface area contributed by atoms with Crippen LogP contribution < -0.4 is 10.1 Å². The maximum Gasteiger partial charge on any atom is 0.119 e. The molecule has 2 heteroatoms. The summed E-state index contributed by atoms with van der Waals surface area (Å²) in [6.45, 7) is 11.7. The van der Waals surface area contributed by atoms with E-state index in [9.17, 15) is 0 Å². The smallest absolute Gasteiger partial charge is 0.119 e. The molecule has 0 aliphatic rings. The fraction of sp³-hybridized carbons (Fsp3) is 0.625. The van der Waals surface area contributed by atoms with Gasteiger partial charge in [0.05, 0.1) is 6.61 Å². The summed E-state index contributed by atoms with van der Waals surface area (Å²) >= 11 is 0. The molecule has 18 heavy (non-hydrogen) atoms. The molecule has 0 aromatic heterocycles. The SMILES string of the molecule is CCCOc1cccc(CNCC(C)C(C)C)c1. The van der Waals surface area contributed by atoms with Crippen molar-refractivity contribution in [1.82, 2.24) is 5.32 Å². The lowest BCUT2D eigenvalue weighted by atomic mass is 9.98. The second-order valence-corrected chi connectivity index (χ2v) is 5.35. The lowest BCUT2D eigenvalue weighted by Gasteiger charge is -2.16. The van der Waals surface area contributed by atoms with Gasteiger partial charge in [-0.05, 0) is 42.5 Å². The normalized spacial score (nSPS) is 12.7. The van der Waals surface area contributed by atoms with E-state index in [0.29, 0.717) is 5.92 Å². The highest BCUT2D eigenvalue weighted by molar-refractivity contribution is 5.28. The first-order valence-corrected chi connectivity index (χ1v) is 7.06. The molecule has 1 aromatic carbocycles. The van der Waals surface area contributed by atoms with Gasteiger partial charge in [-0.15, -0.1) is 0 Å². The van der Waals surface area contributed by atoms with Crippen LogP contribution in [0.4, 0.5) is 0 Å². The summed E-state index contributed by atoms with van der Waals surface area (Å²) in [5.74, 6) is 2.43. The topological polar surface area (TPSA) is 21.3 Å². The minimum atomic E-state index is 0.713. The van der Waals surface area contributed by atoms with Crippen LogP contribution in [0, 0.1) is 11.8 Å². The summed E-state index contributed by atoms with van der Waals surface area (Å²) in [5.41, 5.74) is 1.29. The van der Waals surface area contributed by atoms with Crippen molar-refractivity contribution in [2.75, 3.05) is 13.2 Å². The number of hydrogen-bond acceptors (Lipinski definition) is 2.